The fraction of sp³-hybridized carbons (Fsp3) is 0.0588. The molecule has 24 heavy (non-hydrogen) atoms. The fourth-order valence-corrected chi connectivity index (χ4v) is 3.62. The molecule has 0 aromatic heterocycles. The molecule has 0 amide bonds. The van der Waals surface area contributed by atoms with Gasteiger partial charge < -0.3 is 0 Å². The van der Waals surface area contributed by atoms with Crippen LogP contribution >= 0.6 is 0 Å². The van der Waals surface area contributed by atoms with Crippen LogP contribution in [0.25, 0.3) is 10.8 Å². The molecule has 0 fully saturated rings. The van der Waals surface area contributed by atoms with Gasteiger partial charge in [0.25, 0.3) is 0 Å². The largest absolute Gasteiger partial charge is 0.241 e. The van der Waals surface area contributed by atoms with Gasteiger partial charge in [-0.25, -0.2) is 26.3 Å². The van der Waals surface area contributed by atoms with Crippen molar-refractivity contribution in [2.24, 2.45) is 0 Å². The lowest BCUT2D eigenvalue weighted by atomic mass is 10.1. The number of halogens is 3. The minimum absolute atomic E-state index is 0.0311. The Kier molecular flexibility index (Phi) is 4.29. The molecule has 3 aromatic rings. The average molecular weight is 351 g/mol. The number of benzene rings is 3. The molecule has 124 valence electrons. The molecule has 0 bridgehead atoms. The number of hydrogen-bond donors (Lipinski definition) is 1. The van der Waals surface area contributed by atoms with Gasteiger partial charge in [0.2, 0.25) is 10.0 Å². The van der Waals surface area contributed by atoms with Crippen molar-refractivity contribution in [2.75, 3.05) is 0 Å². The normalized spacial score (nSPS) is 11.8. The Bertz CT molecular complexity index is 1010. The van der Waals surface area contributed by atoms with Crippen molar-refractivity contribution in [2.45, 2.75) is 11.4 Å². The van der Waals surface area contributed by atoms with Gasteiger partial charge in [-0.1, -0.05) is 42.5 Å². The topological polar surface area (TPSA) is 46.2 Å². The van der Waals surface area contributed by atoms with Gasteiger partial charge in [-0.2, -0.15) is 0 Å². The van der Waals surface area contributed by atoms with Crippen molar-refractivity contribution in [3.05, 3.63) is 77.6 Å². The van der Waals surface area contributed by atoms with Gasteiger partial charge in [0, 0.05) is 17.5 Å². The second kappa shape index (κ2) is 6.26. The fourth-order valence-electron chi connectivity index (χ4n) is 2.38. The monoisotopic (exact) mass is 351 g/mol. The highest BCUT2D eigenvalue weighted by Gasteiger charge is 2.19. The summed E-state index contributed by atoms with van der Waals surface area (Å²) < 4.78 is 67.0. The predicted molar refractivity (Wildman–Crippen MR) is 84.3 cm³/mol. The zero-order valence-corrected chi connectivity index (χ0v) is 13.1. The summed E-state index contributed by atoms with van der Waals surface area (Å²) in [5.41, 5.74) is -0.280. The standard InChI is InChI=1S/C17H12F3NO2S/c18-14-9-8-12(16(19)17(14)20)10-21-24(22,23)15-7-3-5-11-4-1-2-6-13(11)15/h1-9,21H,10H2. The van der Waals surface area contributed by atoms with E-state index in [0.717, 1.165) is 17.5 Å². The van der Waals surface area contributed by atoms with Gasteiger partial charge in [-0.05, 0) is 17.5 Å². The molecule has 7 heteroatoms. The molecular weight excluding hydrogens is 339 g/mol. The van der Waals surface area contributed by atoms with Crippen LogP contribution in [0.5, 0.6) is 0 Å². The lowest BCUT2D eigenvalue weighted by Crippen LogP contribution is -2.24. The van der Waals surface area contributed by atoms with E-state index >= 15 is 0 Å². The van der Waals surface area contributed by atoms with Gasteiger partial charge in [0.15, 0.2) is 17.5 Å². The first-order valence-electron chi connectivity index (χ1n) is 7.00. The molecule has 0 unspecified atom stereocenters. The second-order valence-corrected chi connectivity index (χ2v) is 6.87. The van der Waals surface area contributed by atoms with Crippen LogP contribution in [0.3, 0.4) is 0 Å². The van der Waals surface area contributed by atoms with Crippen molar-refractivity contribution in [3.63, 3.8) is 0 Å². The van der Waals surface area contributed by atoms with Crippen molar-refractivity contribution in [1.29, 1.82) is 0 Å². The molecule has 0 saturated heterocycles. The maximum absolute atomic E-state index is 13.6. The highest BCUT2D eigenvalue weighted by molar-refractivity contribution is 7.89. The Balaban J connectivity index is 1.93. The molecule has 3 nitrogen and oxygen atoms in total. The Morgan fingerprint density at radius 2 is 1.54 bits per heavy atom. The van der Waals surface area contributed by atoms with Crippen LogP contribution in [-0.4, -0.2) is 8.42 Å². The third kappa shape index (κ3) is 3.00. The molecule has 0 saturated carbocycles. The van der Waals surface area contributed by atoms with E-state index in [1.54, 1.807) is 36.4 Å². The van der Waals surface area contributed by atoms with E-state index in [2.05, 4.69) is 4.72 Å². The molecule has 3 rings (SSSR count). The van der Waals surface area contributed by atoms with Gasteiger partial charge in [-0.3, -0.25) is 0 Å². The van der Waals surface area contributed by atoms with Crippen LogP contribution in [-0.2, 0) is 16.6 Å². The molecule has 0 radical (unpaired) electrons. The van der Waals surface area contributed by atoms with E-state index in [-0.39, 0.29) is 10.5 Å². The van der Waals surface area contributed by atoms with Crippen molar-refractivity contribution < 1.29 is 21.6 Å². The summed E-state index contributed by atoms with van der Waals surface area (Å²) in [6.07, 6.45) is 0. The van der Waals surface area contributed by atoms with Gasteiger partial charge in [0.05, 0.1) is 4.90 Å². The summed E-state index contributed by atoms with van der Waals surface area (Å²) in [6.45, 7) is -0.491. The predicted octanol–water partition coefficient (Wildman–Crippen LogP) is 3.74. The van der Waals surface area contributed by atoms with Crippen molar-refractivity contribution in [1.82, 2.24) is 4.72 Å². The average Bonchev–Trinajstić information content (AvgIpc) is 2.58. The zero-order chi connectivity index (χ0) is 17.3. The van der Waals surface area contributed by atoms with E-state index in [9.17, 15) is 21.6 Å². The molecule has 0 aliphatic carbocycles. The Hall–Kier alpha value is -2.38. The van der Waals surface area contributed by atoms with Gasteiger partial charge >= 0.3 is 0 Å². The first-order valence-corrected chi connectivity index (χ1v) is 8.48. The van der Waals surface area contributed by atoms with Crippen LogP contribution in [0.4, 0.5) is 13.2 Å². The van der Waals surface area contributed by atoms with Crippen LogP contribution in [0.1, 0.15) is 5.56 Å². The van der Waals surface area contributed by atoms with Gasteiger partial charge in [-0.15, -0.1) is 0 Å². The Morgan fingerprint density at radius 1 is 0.833 bits per heavy atom. The number of nitrogens with one attached hydrogen (secondary N) is 1. The molecule has 0 aliphatic rings. The van der Waals surface area contributed by atoms with Gasteiger partial charge in [0.1, 0.15) is 0 Å². The summed E-state index contributed by atoms with van der Waals surface area (Å²) in [5.74, 6) is -4.36. The van der Waals surface area contributed by atoms with Crippen molar-refractivity contribution in [3.8, 4) is 0 Å². The second-order valence-electron chi connectivity index (χ2n) is 5.14. The lowest BCUT2D eigenvalue weighted by Gasteiger charge is -2.10. The highest BCUT2D eigenvalue weighted by atomic mass is 32.2. The SMILES string of the molecule is O=S(=O)(NCc1ccc(F)c(F)c1F)c1cccc2ccccc12. The number of rotatable bonds is 4. The zero-order valence-electron chi connectivity index (χ0n) is 12.3. The summed E-state index contributed by atoms with van der Waals surface area (Å²) in [4.78, 5) is 0.0311. The summed E-state index contributed by atoms with van der Waals surface area (Å²) in [7, 11) is -3.96. The number of sulfonamides is 1. The van der Waals surface area contributed by atoms with E-state index < -0.39 is 34.0 Å². The highest BCUT2D eigenvalue weighted by Crippen LogP contribution is 2.23. The number of hydrogen-bond acceptors (Lipinski definition) is 2. The Morgan fingerprint density at radius 3 is 2.33 bits per heavy atom. The van der Waals surface area contributed by atoms with E-state index in [1.165, 1.54) is 6.07 Å². The first kappa shape index (κ1) is 16.5. The van der Waals surface area contributed by atoms with Crippen LogP contribution in [0.2, 0.25) is 0 Å². The van der Waals surface area contributed by atoms with E-state index in [1.807, 2.05) is 0 Å². The lowest BCUT2D eigenvalue weighted by molar-refractivity contribution is 0.440. The molecule has 1 N–H and O–H groups in total. The molecule has 0 heterocycles. The summed E-state index contributed by atoms with van der Waals surface area (Å²) in [6, 6.07) is 13.4. The molecule has 0 atom stereocenters. The summed E-state index contributed by atoms with van der Waals surface area (Å²) >= 11 is 0. The smallest absolute Gasteiger partial charge is 0.207 e. The third-order valence-electron chi connectivity index (χ3n) is 3.61. The minimum Gasteiger partial charge on any atom is -0.207 e. The van der Waals surface area contributed by atoms with Crippen LogP contribution < -0.4 is 4.72 Å². The molecule has 0 aliphatic heterocycles. The maximum Gasteiger partial charge on any atom is 0.241 e. The van der Waals surface area contributed by atoms with Crippen LogP contribution in [0, 0.1) is 17.5 Å². The number of fused-ring (bicyclic) bond motifs is 1. The Labute approximate surface area is 136 Å². The quantitative estimate of drug-likeness (QED) is 0.728. The molecule has 3 aromatic carbocycles. The van der Waals surface area contributed by atoms with E-state index in [4.69, 9.17) is 0 Å². The molecular formula is C17H12F3NO2S. The van der Waals surface area contributed by atoms with Crippen molar-refractivity contribution >= 4 is 20.8 Å². The van der Waals surface area contributed by atoms with E-state index in [0.29, 0.717) is 5.39 Å². The van der Waals surface area contributed by atoms with Crippen LogP contribution in [0.15, 0.2) is 59.5 Å². The summed E-state index contributed by atoms with van der Waals surface area (Å²) in [5, 5.41) is 1.25. The minimum atomic E-state index is -3.96. The third-order valence-corrected chi connectivity index (χ3v) is 5.07. The maximum atomic E-state index is 13.6. The first-order chi connectivity index (χ1) is 11.4. The molecule has 0 spiro atoms.